The number of nitrogens with zero attached hydrogens (tertiary/aromatic N) is 4. The highest BCUT2D eigenvalue weighted by molar-refractivity contribution is 7.91. The molecule has 1 aromatic carbocycles. The summed E-state index contributed by atoms with van der Waals surface area (Å²) in [6.45, 7) is 1.51. The highest BCUT2D eigenvalue weighted by Gasteiger charge is 2.31. The molecule has 0 aliphatic rings. The van der Waals surface area contributed by atoms with E-state index in [0.29, 0.717) is 10.8 Å². The third-order valence-corrected chi connectivity index (χ3v) is 6.11. The second kappa shape index (κ2) is 6.26. The van der Waals surface area contributed by atoms with Crippen LogP contribution >= 0.6 is 0 Å². The molecule has 0 atom stereocenters. The summed E-state index contributed by atoms with van der Waals surface area (Å²) >= 11 is 0. The molecule has 0 saturated carbocycles. The van der Waals surface area contributed by atoms with Crippen molar-refractivity contribution in [2.24, 2.45) is 0 Å². The molecule has 144 valence electrons. The Morgan fingerprint density at radius 3 is 2.57 bits per heavy atom. The molecular formula is C18H13F3N4O2S. The third kappa shape index (κ3) is 2.99. The minimum atomic E-state index is -4.53. The molecule has 0 bridgehead atoms. The van der Waals surface area contributed by atoms with Gasteiger partial charge in [-0.05, 0) is 12.1 Å². The van der Waals surface area contributed by atoms with Gasteiger partial charge >= 0.3 is 6.18 Å². The largest absolute Gasteiger partial charge is 0.417 e. The Balaban J connectivity index is 2.00. The Labute approximate surface area is 157 Å². The van der Waals surface area contributed by atoms with Gasteiger partial charge in [-0.15, -0.1) is 5.10 Å². The molecule has 28 heavy (non-hydrogen) atoms. The molecule has 6 nitrogen and oxygen atoms in total. The van der Waals surface area contributed by atoms with Crippen molar-refractivity contribution in [3.63, 3.8) is 0 Å². The van der Waals surface area contributed by atoms with Crippen LogP contribution in [0.1, 0.15) is 12.5 Å². The molecule has 0 saturated heterocycles. The van der Waals surface area contributed by atoms with E-state index >= 15 is 0 Å². The average molecular weight is 406 g/mol. The van der Waals surface area contributed by atoms with Crippen molar-refractivity contribution < 1.29 is 21.6 Å². The summed E-state index contributed by atoms with van der Waals surface area (Å²) in [6, 6.07) is 8.91. The Hall–Kier alpha value is -3.01. The maximum Gasteiger partial charge on any atom is 0.417 e. The third-order valence-electron chi connectivity index (χ3n) is 4.31. The van der Waals surface area contributed by atoms with E-state index in [4.69, 9.17) is 0 Å². The van der Waals surface area contributed by atoms with Gasteiger partial charge in [-0.2, -0.15) is 13.2 Å². The van der Waals surface area contributed by atoms with Crippen molar-refractivity contribution in [1.29, 1.82) is 0 Å². The molecule has 0 fully saturated rings. The summed E-state index contributed by atoms with van der Waals surface area (Å²) in [5.41, 5.74) is -0.722. The van der Waals surface area contributed by atoms with E-state index in [1.54, 1.807) is 24.3 Å². The second-order valence-electron chi connectivity index (χ2n) is 6.08. The molecule has 4 aromatic rings. The van der Waals surface area contributed by atoms with Gasteiger partial charge in [0.1, 0.15) is 10.6 Å². The Kier molecular flexibility index (Phi) is 4.11. The predicted octanol–water partition coefficient (Wildman–Crippen LogP) is 3.76. The van der Waals surface area contributed by atoms with Gasteiger partial charge in [0.2, 0.25) is 5.82 Å². The van der Waals surface area contributed by atoms with Crippen molar-refractivity contribution >= 4 is 26.3 Å². The van der Waals surface area contributed by atoms with Gasteiger partial charge in [-0.1, -0.05) is 31.2 Å². The van der Waals surface area contributed by atoms with E-state index < -0.39 is 21.6 Å². The summed E-state index contributed by atoms with van der Waals surface area (Å²) < 4.78 is 65.3. The van der Waals surface area contributed by atoms with Gasteiger partial charge < -0.3 is 0 Å². The van der Waals surface area contributed by atoms with Crippen molar-refractivity contribution in [3.05, 3.63) is 54.4 Å². The monoisotopic (exact) mass is 406 g/mol. The first-order valence-electron chi connectivity index (χ1n) is 8.25. The Morgan fingerprint density at radius 2 is 1.86 bits per heavy atom. The van der Waals surface area contributed by atoms with Crippen LogP contribution in [0.5, 0.6) is 0 Å². The number of rotatable bonds is 3. The zero-order valence-electron chi connectivity index (χ0n) is 14.5. The summed E-state index contributed by atoms with van der Waals surface area (Å²) in [5, 5.41) is 5.14. The standard InChI is InChI=1S/C18H13F3N4O2S/c1-2-28(26,27)16-13-6-4-3-5-11(13)9-22-15(16)17-23-14-8-7-12(18(19,20)21)10-25(14)24-17/h3-10H,2H2,1H3. The van der Waals surface area contributed by atoms with Crippen LogP contribution in [-0.4, -0.2) is 33.8 Å². The Bertz CT molecular complexity index is 1310. The van der Waals surface area contributed by atoms with Crippen LogP contribution in [0.3, 0.4) is 0 Å². The molecule has 0 spiro atoms. The van der Waals surface area contributed by atoms with E-state index in [-0.39, 0.29) is 27.8 Å². The number of sulfone groups is 1. The van der Waals surface area contributed by atoms with Crippen molar-refractivity contribution in [1.82, 2.24) is 19.6 Å². The minimum absolute atomic E-state index is 0.0119. The lowest BCUT2D eigenvalue weighted by molar-refractivity contribution is -0.137. The van der Waals surface area contributed by atoms with E-state index in [2.05, 4.69) is 15.1 Å². The van der Waals surface area contributed by atoms with Crippen molar-refractivity contribution in [3.8, 4) is 11.5 Å². The Morgan fingerprint density at radius 1 is 1.11 bits per heavy atom. The van der Waals surface area contributed by atoms with Crippen LogP contribution in [0.2, 0.25) is 0 Å². The van der Waals surface area contributed by atoms with Gasteiger partial charge in [-0.25, -0.2) is 17.9 Å². The van der Waals surface area contributed by atoms with Crippen LogP contribution in [0.25, 0.3) is 27.9 Å². The lowest BCUT2D eigenvalue weighted by atomic mass is 10.1. The number of pyridine rings is 2. The molecule has 3 heterocycles. The number of aromatic nitrogens is 4. The SMILES string of the molecule is CCS(=O)(=O)c1c(-c2nc3ccc(C(F)(F)F)cn3n2)ncc2ccccc12. The molecule has 10 heteroatoms. The zero-order chi connectivity index (χ0) is 20.1. The first-order chi connectivity index (χ1) is 13.2. The summed E-state index contributed by atoms with van der Waals surface area (Å²) in [5.74, 6) is -0.224. The summed E-state index contributed by atoms with van der Waals surface area (Å²) in [7, 11) is -3.70. The first kappa shape index (κ1) is 18.4. The van der Waals surface area contributed by atoms with Gasteiger partial charge in [0.05, 0.1) is 11.3 Å². The van der Waals surface area contributed by atoms with E-state index in [1.807, 2.05) is 0 Å². The van der Waals surface area contributed by atoms with Gasteiger partial charge in [0, 0.05) is 23.2 Å². The number of hydrogen-bond acceptors (Lipinski definition) is 5. The van der Waals surface area contributed by atoms with Gasteiger partial charge in [0.25, 0.3) is 0 Å². The first-order valence-corrected chi connectivity index (χ1v) is 9.90. The lowest BCUT2D eigenvalue weighted by Gasteiger charge is -2.09. The van der Waals surface area contributed by atoms with Gasteiger partial charge in [-0.3, -0.25) is 4.98 Å². The quantitative estimate of drug-likeness (QED) is 0.518. The fourth-order valence-electron chi connectivity index (χ4n) is 2.91. The second-order valence-corrected chi connectivity index (χ2v) is 8.30. The number of halogens is 3. The molecule has 0 aliphatic carbocycles. The van der Waals surface area contributed by atoms with E-state index in [9.17, 15) is 21.6 Å². The van der Waals surface area contributed by atoms with Crippen LogP contribution in [0, 0.1) is 0 Å². The number of benzene rings is 1. The predicted molar refractivity (Wildman–Crippen MR) is 96.5 cm³/mol. The highest BCUT2D eigenvalue weighted by atomic mass is 32.2. The highest BCUT2D eigenvalue weighted by Crippen LogP contribution is 2.32. The topological polar surface area (TPSA) is 77.2 Å². The fourth-order valence-corrected chi connectivity index (χ4v) is 4.15. The molecule has 0 radical (unpaired) electrons. The molecule has 0 N–H and O–H groups in total. The summed E-state index contributed by atoms with van der Waals surface area (Å²) in [6.07, 6.45) is -2.23. The maximum atomic E-state index is 12.9. The smallest absolute Gasteiger partial charge is 0.251 e. The normalized spacial score (nSPS) is 12.7. The number of alkyl halides is 3. The summed E-state index contributed by atoms with van der Waals surface area (Å²) in [4.78, 5) is 8.37. The number of fused-ring (bicyclic) bond motifs is 2. The molecule has 0 aliphatic heterocycles. The maximum absolute atomic E-state index is 12.9. The molecule has 3 aromatic heterocycles. The van der Waals surface area contributed by atoms with Crippen molar-refractivity contribution in [2.45, 2.75) is 18.0 Å². The zero-order valence-corrected chi connectivity index (χ0v) is 15.3. The molecule has 0 unspecified atom stereocenters. The van der Waals surface area contributed by atoms with Crippen LogP contribution < -0.4 is 0 Å². The van der Waals surface area contributed by atoms with Crippen LogP contribution in [-0.2, 0) is 16.0 Å². The lowest BCUT2D eigenvalue weighted by Crippen LogP contribution is -2.08. The van der Waals surface area contributed by atoms with Crippen LogP contribution in [0.4, 0.5) is 13.2 Å². The minimum Gasteiger partial charge on any atom is -0.251 e. The number of hydrogen-bond donors (Lipinski definition) is 0. The van der Waals surface area contributed by atoms with Crippen molar-refractivity contribution in [2.75, 3.05) is 5.75 Å². The molecule has 0 amide bonds. The average Bonchev–Trinajstić information content (AvgIpc) is 3.09. The molecular weight excluding hydrogens is 393 g/mol. The van der Waals surface area contributed by atoms with Gasteiger partial charge in [0.15, 0.2) is 15.5 Å². The fraction of sp³-hybridized carbons (Fsp3) is 0.167. The van der Waals surface area contributed by atoms with E-state index in [0.717, 1.165) is 16.8 Å². The molecule has 4 rings (SSSR count). The van der Waals surface area contributed by atoms with E-state index in [1.165, 1.54) is 19.2 Å². The van der Waals surface area contributed by atoms with Crippen LogP contribution in [0.15, 0.2) is 53.7 Å².